The molecule has 0 saturated carbocycles. The van der Waals surface area contributed by atoms with Crippen molar-refractivity contribution >= 4 is 16.9 Å². The molecule has 0 aliphatic rings. The number of ether oxygens (including phenoxy) is 1. The maximum atomic E-state index is 13.6. The average molecular weight is 470 g/mol. The minimum Gasteiger partial charge on any atom is -0.489 e. The number of fused-ring (bicyclic) bond motifs is 1. The second-order valence-corrected chi connectivity index (χ2v) is 7.88. The van der Waals surface area contributed by atoms with Gasteiger partial charge >= 0.3 is 12.1 Å². The van der Waals surface area contributed by atoms with Crippen molar-refractivity contribution in [2.45, 2.75) is 32.7 Å². The van der Waals surface area contributed by atoms with E-state index in [9.17, 15) is 18.0 Å². The summed E-state index contributed by atoms with van der Waals surface area (Å²) in [5.41, 5.74) is 8.30. The Balaban J connectivity index is 1.79. The van der Waals surface area contributed by atoms with Gasteiger partial charge in [0.1, 0.15) is 29.8 Å². The smallest absolute Gasteiger partial charge is 0.420 e. The number of furan rings is 1. The van der Waals surface area contributed by atoms with Gasteiger partial charge in [0, 0.05) is 29.3 Å². The number of alkyl halides is 3. The van der Waals surface area contributed by atoms with E-state index in [1.807, 2.05) is 6.92 Å². The SMILES string of the molecule is Cc1ccc(CC(=O)O)c(OCc2cc(-c3ccnc(CN)c3)c3occ(C(F)(F)F)c3c2)c1. The number of hydrogen-bond donors (Lipinski definition) is 2. The molecule has 0 aliphatic carbocycles. The van der Waals surface area contributed by atoms with Crippen LogP contribution in [0.2, 0.25) is 0 Å². The Morgan fingerprint density at radius 3 is 2.68 bits per heavy atom. The van der Waals surface area contributed by atoms with Gasteiger partial charge in [0.15, 0.2) is 0 Å². The zero-order valence-corrected chi connectivity index (χ0v) is 18.1. The molecule has 0 spiro atoms. The molecule has 0 unspecified atom stereocenters. The van der Waals surface area contributed by atoms with Crippen molar-refractivity contribution in [2.75, 3.05) is 0 Å². The van der Waals surface area contributed by atoms with Crippen molar-refractivity contribution in [3.8, 4) is 16.9 Å². The Labute approximate surface area is 192 Å². The number of rotatable bonds is 7. The molecule has 0 saturated heterocycles. The van der Waals surface area contributed by atoms with Crippen LogP contribution in [0.15, 0.2) is 59.3 Å². The minimum atomic E-state index is -4.60. The van der Waals surface area contributed by atoms with E-state index in [0.717, 1.165) is 5.56 Å². The number of nitrogens with zero attached hydrogens (tertiary/aromatic N) is 1. The molecular weight excluding hydrogens is 449 g/mol. The van der Waals surface area contributed by atoms with Crippen LogP contribution in [-0.2, 0) is 30.5 Å². The summed E-state index contributed by atoms with van der Waals surface area (Å²) < 4.78 is 52.1. The lowest BCUT2D eigenvalue weighted by Crippen LogP contribution is -2.06. The van der Waals surface area contributed by atoms with Crippen molar-refractivity contribution in [3.05, 3.63) is 82.9 Å². The number of carboxylic acid groups (broad SMARTS) is 1. The molecule has 2 heterocycles. The van der Waals surface area contributed by atoms with Crippen LogP contribution in [0.3, 0.4) is 0 Å². The molecule has 0 radical (unpaired) electrons. The van der Waals surface area contributed by atoms with Crippen molar-refractivity contribution in [2.24, 2.45) is 5.73 Å². The summed E-state index contributed by atoms with van der Waals surface area (Å²) in [5, 5.41) is 9.07. The van der Waals surface area contributed by atoms with E-state index < -0.39 is 17.7 Å². The predicted molar refractivity (Wildman–Crippen MR) is 119 cm³/mol. The lowest BCUT2D eigenvalue weighted by Gasteiger charge is -2.13. The highest BCUT2D eigenvalue weighted by molar-refractivity contribution is 5.95. The zero-order valence-electron chi connectivity index (χ0n) is 18.1. The van der Waals surface area contributed by atoms with Crippen LogP contribution in [-0.4, -0.2) is 16.1 Å². The van der Waals surface area contributed by atoms with Gasteiger partial charge in [0.2, 0.25) is 0 Å². The number of carboxylic acids is 1. The maximum absolute atomic E-state index is 13.6. The first kappa shape index (κ1) is 23.3. The van der Waals surface area contributed by atoms with Gasteiger partial charge in [-0.2, -0.15) is 13.2 Å². The summed E-state index contributed by atoms with van der Waals surface area (Å²) in [6.07, 6.45) is -2.60. The van der Waals surface area contributed by atoms with E-state index in [0.29, 0.717) is 40.0 Å². The lowest BCUT2D eigenvalue weighted by atomic mass is 9.99. The standard InChI is InChI=1S/C25H21F3N2O4/c1-14-2-3-17(10-23(31)32)22(6-14)33-12-15-7-19(16-4-5-30-18(9-16)11-29)24-20(8-15)21(13-34-24)25(26,27)28/h2-9,13H,10-12,29H2,1H3,(H,31,32). The normalized spacial score (nSPS) is 11.7. The predicted octanol–water partition coefficient (Wildman–Crippen LogP) is 5.49. The van der Waals surface area contributed by atoms with Gasteiger partial charge in [-0.3, -0.25) is 9.78 Å². The van der Waals surface area contributed by atoms with Crippen molar-refractivity contribution in [1.29, 1.82) is 0 Å². The maximum Gasteiger partial charge on any atom is 0.420 e. The Hall–Kier alpha value is -3.85. The Morgan fingerprint density at radius 1 is 1.18 bits per heavy atom. The zero-order chi connectivity index (χ0) is 24.5. The number of hydrogen-bond acceptors (Lipinski definition) is 5. The van der Waals surface area contributed by atoms with Gasteiger partial charge in [-0.25, -0.2) is 0 Å². The van der Waals surface area contributed by atoms with Crippen LogP contribution in [0.5, 0.6) is 5.75 Å². The number of aliphatic carboxylic acids is 1. The van der Waals surface area contributed by atoms with Crippen LogP contribution in [0, 0.1) is 6.92 Å². The third-order valence-corrected chi connectivity index (χ3v) is 5.33. The van der Waals surface area contributed by atoms with Gasteiger partial charge < -0.3 is 20.0 Å². The largest absolute Gasteiger partial charge is 0.489 e. The number of carbonyl (C=O) groups is 1. The molecule has 176 valence electrons. The van der Waals surface area contributed by atoms with Gasteiger partial charge in [0.25, 0.3) is 0 Å². The number of aryl methyl sites for hydroxylation is 1. The molecule has 6 nitrogen and oxygen atoms in total. The summed E-state index contributed by atoms with van der Waals surface area (Å²) >= 11 is 0. The topological polar surface area (TPSA) is 98.6 Å². The number of pyridine rings is 1. The Kier molecular flexibility index (Phi) is 6.30. The van der Waals surface area contributed by atoms with Crippen LogP contribution in [0.4, 0.5) is 13.2 Å². The summed E-state index contributed by atoms with van der Waals surface area (Å²) in [7, 11) is 0. The second-order valence-electron chi connectivity index (χ2n) is 7.88. The number of nitrogens with two attached hydrogens (primary N) is 1. The van der Waals surface area contributed by atoms with Crippen LogP contribution in [0.1, 0.15) is 27.9 Å². The van der Waals surface area contributed by atoms with Gasteiger partial charge in [0.05, 0.1) is 12.1 Å². The van der Waals surface area contributed by atoms with E-state index in [-0.39, 0.29) is 30.5 Å². The lowest BCUT2D eigenvalue weighted by molar-refractivity contribution is -0.137. The quantitative estimate of drug-likeness (QED) is 0.371. The fourth-order valence-electron chi connectivity index (χ4n) is 3.74. The Morgan fingerprint density at radius 2 is 1.97 bits per heavy atom. The molecule has 3 N–H and O–H groups in total. The van der Waals surface area contributed by atoms with Crippen molar-refractivity contribution < 1.29 is 32.2 Å². The highest BCUT2D eigenvalue weighted by atomic mass is 19.4. The van der Waals surface area contributed by atoms with Crippen LogP contribution < -0.4 is 10.5 Å². The van der Waals surface area contributed by atoms with Gasteiger partial charge in [-0.15, -0.1) is 0 Å². The van der Waals surface area contributed by atoms with Gasteiger partial charge in [-0.05, 0) is 53.9 Å². The summed E-state index contributed by atoms with van der Waals surface area (Å²) in [6, 6.07) is 11.6. The first-order valence-electron chi connectivity index (χ1n) is 10.4. The number of halogens is 3. The molecule has 0 fully saturated rings. The Bertz CT molecular complexity index is 1360. The molecule has 2 aromatic heterocycles. The van der Waals surface area contributed by atoms with E-state index in [2.05, 4.69) is 4.98 Å². The molecule has 0 atom stereocenters. The van der Waals surface area contributed by atoms with Crippen LogP contribution >= 0.6 is 0 Å². The average Bonchev–Trinajstić information content (AvgIpc) is 3.23. The summed E-state index contributed by atoms with van der Waals surface area (Å²) in [6.45, 7) is 1.93. The molecule has 4 aromatic rings. The molecule has 34 heavy (non-hydrogen) atoms. The molecule has 0 bridgehead atoms. The summed E-state index contributed by atoms with van der Waals surface area (Å²) in [4.78, 5) is 15.3. The number of benzene rings is 2. The fraction of sp³-hybridized carbons (Fsp3) is 0.200. The van der Waals surface area contributed by atoms with E-state index in [1.165, 1.54) is 12.3 Å². The number of aromatic nitrogens is 1. The van der Waals surface area contributed by atoms with E-state index >= 15 is 0 Å². The molecule has 9 heteroatoms. The summed E-state index contributed by atoms with van der Waals surface area (Å²) in [5.74, 6) is -0.652. The minimum absolute atomic E-state index is 0.0731. The highest BCUT2D eigenvalue weighted by Gasteiger charge is 2.35. The molecule has 0 amide bonds. The highest BCUT2D eigenvalue weighted by Crippen LogP contribution is 2.40. The molecular formula is C25H21F3N2O4. The third-order valence-electron chi connectivity index (χ3n) is 5.33. The third kappa shape index (κ3) is 4.89. The molecule has 2 aromatic carbocycles. The van der Waals surface area contributed by atoms with E-state index in [1.54, 1.807) is 36.4 Å². The first-order chi connectivity index (χ1) is 16.2. The fourth-order valence-corrected chi connectivity index (χ4v) is 3.74. The van der Waals surface area contributed by atoms with E-state index in [4.69, 9.17) is 20.0 Å². The molecule has 4 rings (SSSR count). The second kappa shape index (κ2) is 9.18. The van der Waals surface area contributed by atoms with Gasteiger partial charge in [-0.1, -0.05) is 12.1 Å². The molecule has 0 aliphatic heterocycles. The monoisotopic (exact) mass is 470 g/mol. The van der Waals surface area contributed by atoms with Crippen molar-refractivity contribution in [1.82, 2.24) is 4.98 Å². The first-order valence-corrected chi connectivity index (χ1v) is 10.4. The van der Waals surface area contributed by atoms with Crippen LogP contribution in [0.25, 0.3) is 22.1 Å². The van der Waals surface area contributed by atoms with Crippen molar-refractivity contribution in [3.63, 3.8) is 0 Å².